The van der Waals surface area contributed by atoms with Gasteiger partial charge < -0.3 is 15.8 Å². The van der Waals surface area contributed by atoms with Crippen molar-refractivity contribution in [3.8, 4) is 0 Å². The largest absolute Gasteiger partial charge is 0.383 e. The Morgan fingerprint density at radius 2 is 2.24 bits per heavy atom. The number of aromatic nitrogens is 1. The van der Waals surface area contributed by atoms with Gasteiger partial charge in [0.2, 0.25) is 15.9 Å². The molecule has 1 atom stereocenters. The third-order valence-corrected chi connectivity index (χ3v) is 4.28. The number of hydrogen-bond donors (Lipinski definition) is 3. The number of nitrogens with zero attached hydrogens (tertiary/aromatic N) is 1. The van der Waals surface area contributed by atoms with Crippen molar-refractivity contribution in [2.24, 2.45) is 5.73 Å². The molecule has 9 heteroatoms. The number of amides is 1. The third-order valence-electron chi connectivity index (χ3n) is 2.66. The van der Waals surface area contributed by atoms with Crippen LogP contribution in [0.25, 0.3) is 0 Å². The van der Waals surface area contributed by atoms with Crippen molar-refractivity contribution >= 4 is 15.9 Å². The summed E-state index contributed by atoms with van der Waals surface area (Å²) < 4.78 is 31.6. The van der Waals surface area contributed by atoms with Crippen LogP contribution < -0.4 is 15.8 Å². The Hall–Kier alpha value is -1.55. The maximum Gasteiger partial charge on any atom is 0.243 e. The van der Waals surface area contributed by atoms with Crippen LogP contribution in [0.1, 0.15) is 12.6 Å². The molecule has 0 aromatic carbocycles. The lowest BCUT2D eigenvalue weighted by atomic mass is 10.3. The van der Waals surface area contributed by atoms with Crippen molar-refractivity contribution < 1.29 is 17.9 Å². The van der Waals surface area contributed by atoms with E-state index in [1.807, 2.05) is 0 Å². The number of methoxy groups -OCH3 is 1. The molecule has 1 rings (SSSR count). The monoisotopic (exact) mass is 316 g/mol. The smallest absolute Gasteiger partial charge is 0.243 e. The van der Waals surface area contributed by atoms with E-state index in [4.69, 9.17) is 10.5 Å². The summed E-state index contributed by atoms with van der Waals surface area (Å²) in [6.45, 7) is 2.11. The quantitative estimate of drug-likeness (QED) is 0.527. The van der Waals surface area contributed by atoms with Crippen LogP contribution in [0.4, 0.5) is 0 Å². The molecule has 1 aromatic heterocycles. The Bertz CT molecular complexity index is 576. The molecule has 0 fully saturated rings. The summed E-state index contributed by atoms with van der Waals surface area (Å²) in [4.78, 5) is 15.6. The van der Waals surface area contributed by atoms with Crippen molar-refractivity contribution in [1.82, 2.24) is 15.0 Å². The second-order valence-corrected chi connectivity index (χ2v) is 5.96. The summed E-state index contributed by atoms with van der Waals surface area (Å²) >= 11 is 0. The fourth-order valence-electron chi connectivity index (χ4n) is 1.60. The number of sulfonamides is 1. The first kappa shape index (κ1) is 17.5. The minimum atomic E-state index is -3.86. The van der Waals surface area contributed by atoms with E-state index in [1.54, 1.807) is 0 Å². The van der Waals surface area contributed by atoms with E-state index in [0.717, 1.165) is 0 Å². The first-order valence-corrected chi connectivity index (χ1v) is 7.83. The standard InChI is InChI=1S/C12H20N4O4S/c1-9(12(17)15-6-7-20-2)16-21(18,19)11-4-3-5-14-10(11)8-13/h3-5,9,16H,6-8,13H2,1-2H3,(H,15,17). The van der Waals surface area contributed by atoms with Crippen LogP contribution in [0.5, 0.6) is 0 Å². The molecule has 4 N–H and O–H groups in total. The maximum atomic E-state index is 12.2. The highest BCUT2D eigenvalue weighted by Gasteiger charge is 2.24. The van der Waals surface area contributed by atoms with Gasteiger partial charge in [-0.2, -0.15) is 4.72 Å². The molecule has 0 saturated carbocycles. The van der Waals surface area contributed by atoms with E-state index >= 15 is 0 Å². The van der Waals surface area contributed by atoms with Gasteiger partial charge >= 0.3 is 0 Å². The second kappa shape index (κ2) is 8.03. The Morgan fingerprint density at radius 1 is 1.52 bits per heavy atom. The summed E-state index contributed by atoms with van der Waals surface area (Å²) in [5, 5.41) is 2.55. The van der Waals surface area contributed by atoms with Gasteiger partial charge in [-0.25, -0.2) is 8.42 Å². The average molecular weight is 316 g/mol. The van der Waals surface area contributed by atoms with Gasteiger partial charge in [0.25, 0.3) is 0 Å². The van der Waals surface area contributed by atoms with E-state index in [-0.39, 0.29) is 17.1 Å². The first-order valence-electron chi connectivity index (χ1n) is 6.35. The van der Waals surface area contributed by atoms with Crippen LogP contribution >= 0.6 is 0 Å². The second-order valence-electron chi connectivity index (χ2n) is 4.28. The summed E-state index contributed by atoms with van der Waals surface area (Å²) in [5.74, 6) is -0.436. The molecule has 1 unspecified atom stereocenters. The lowest BCUT2D eigenvalue weighted by molar-refractivity contribution is -0.122. The van der Waals surface area contributed by atoms with Crippen LogP contribution in [0.3, 0.4) is 0 Å². The summed E-state index contributed by atoms with van der Waals surface area (Å²) in [6, 6.07) is 1.97. The zero-order chi connectivity index (χ0) is 15.9. The van der Waals surface area contributed by atoms with Crippen LogP contribution in [-0.4, -0.2) is 45.6 Å². The number of hydrogen-bond acceptors (Lipinski definition) is 6. The molecule has 0 radical (unpaired) electrons. The molecule has 0 saturated heterocycles. The fraction of sp³-hybridized carbons (Fsp3) is 0.500. The zero-order valence-electron chi connectivity index (χ0n) is 12.0. The van der Waals surface area contributed by atoms with Gasteiger partial charge in [-0.1, -0.05) is 0 Å². The summed E-state index contributed by atoms with van der Waals surface area (Å²) in [7, 11) is -2.35. The van der Waals surface area contributed by atoms with E-state index in [2.05, 4.69) is 15.0 Å². The molecular formula is C12H20N4O4S. The topological polar surface area (TPSA) is 123 Å². The predicted molar refractivity (Wildman–Crippen MR) is 76.8 cm³/mol. The molecule has 8 nitrogen and oxygen atoms in total. The maximum absolute atomic E-state index is 12.2. The van der Waals surface area contributed by atoms with Crippen LogP contribution in [0.15, 0.2) is 23.2 Å². The molecule has 0 aliphatic rings. The minimum absolute atomic E-state index is 0.00843. The number of nitrogens with one attached hydrogen (secondary N) is 2. The highest BCUT2D eigenvalue weighted by molar-refractivity contribution is 7.89. The molecule has 0 bridgehead atoms. The van der Waals surface area contributed by atoms with Gasteiger partial charge in [-0.3, -0.25) is 9.78 Å². The summed E-state index contributed by atoms with van der Waals surface area (Å²) in [5.41, 5.74) is 5.72. The van der Waals surface area contributed by atoms with Crippen molar-refractivity contribution in [3.63, 3.8) is 0 Å². The molecule has 1 aromatic rings. The number of nitrogens with two attached hydrogens (primary N) is 1. The van der Waals surface area contributed by atoms with Crippen molar-refractivity contribution in [1.29, 1.82) is 0 Å². The highest BCUT2D eigenvalue weighted by Crippen LogP contribution is 2.12. The van der Waals surface area contributed by atoms with Crippen LogP contribution in [0, 0.1) is 0 Å². The van der Waals surface area contributed by atoms with Crippen LogP contribution in [-0.2, 0) is 26.1 Å². The molecule has 1 heterocycles. The van der Waals surface area contributed by atoms with E-state index in [0.29, 0.717) is 13.2 Å². The average Bonchev–Trinajstić information content (AvgIpc) is 2.46. The van der Waals surface area contributed by atoms with Crippen LogP contribution in [0.2, 0.25) is 0 Å². The first-order chi connectivity index (χ1) is 9.92. The Morgan fingerprint density at radius 3 is 2.86 bits per heavy atom. The van der Waals surface area contributed by atoms with Crippen molar-refractivity contribution in [2.45, 2.75) is 24.4 Å². The number of carbonyl (C=O) groups is 1. The number of carbonyl (C=O) groups excluding carboxylic acids is 1. The van der Waals surface area contributed by atoms with Gasteiger partial charge in [0, 0.05) is 26.4 Å². The lowest BCUT2D eigenvalue weighted by Gasteiger charge is -2.15. The number of pyridine rings is 1. The zero-order valence-corrected chi connectivity index (χ0v) is 12.8. The van der Waals surface area contributed by atoms with E-state index < -0.39 is 22.0 Å². The molecular weight excluding hydrogens is 296 g/mol. The van der Waals surface area contributed by atoms with Gasteiger partial charge in [-0.05, 0) is 19.1 Å². The Balaban J connectivity index is 2.78. The fourth-order valence-corrected chi connectivity index (χ4v) is 3.00. The molecule has 1 amide bonds. The normalized spacial score (nSPS) is 12.9. The number of rotatable bonds is 8. The van der Waals surface area contributed by atoms with Gasteiger partial charge in [-0.15, -0.1) is 0 Å². The SMILES string of the molecule is COCCNC(=O)C(C)NS(=O)(=O)c1cccnc1CN. The number of ether oxygens (including phenoxy) is 1. The molecule has 0 spiro atoms. The molecule has 0 aliphatic heterocycles. The highest BCUT2D eigenvalue weighted by atomic mass is 32.2. The van der Waals surface area contributed by atoms with E-state index in [1.165, 1.54) is 32.4 Å². The third kappa shape index (κ3) is 5.05. The Labute approximate surface area is 124 Å². The van der Waals surface area contributed by atoms with Gasteiger partial charge in [0.05, 0.1) is 18.3 Å². The van der Waals surface area contributed by atoms with Gasteiger partial charge in [0.1, 0.15) is 4.90 Å². The van der Waals surface area contributed by atoms with Crippen molar-refractivity contribution in [2.75, 3.05) is 20.3 Å². The van der Waals surface area contributed by atoms with E-state index in [9.17, 15) is 13.2 Å². The molecule has 21 heavy (non-hydrogen) atoms. The van der Waals surface area contributed by atoms with Gasteiger partial charge in [0.15, 0.2) is 0 Å². The predicted octanol–water partition coefficient (Wildman–Crippen LogP) is -1.03. The van der Waals surface area contributed by atoms with Crippen molar-refractivity contribution in [3.05, 3.63) is 24.0 Å². The lowest BCUT2D eigenvalue weighted by Crippen LogP contribution is -2.45. The Kier molecular flexibility index (Phi) is 6.69. The molecule has 0 aliphatic carbocycles. The summed E-state index contributed by atoms with van der Waals surface area (Å²) in [6.07, 6.45) is 1.46. The molecule has 118 valence electrons. The minimum Gasteiger partial charge on any atom is -0.383 e.